The minimum absolute atomic E-state index is 0.522. The molecule has 1 aromatic heterocycles. The quantitative estimate of drug-likeness (QED) is 0.829. The van der Waals surface area contributed by atoms with Gasteiger partial charge >= 0.3 is 0 Å². The highest BCUT2D eigenvalue weighted by Crippen LogP contribution is 2.19. The molecule has 0 radical (unpaired) electrons. The minimum Gasteiger partial charge on any atom is -0.361 e. The fourth-order valence-corrected chi connectivity index (χ4v) is 2.15. The van der Waals surface area contributed by atoms with Crippen LogP contribution < -0.4 is 5.73 Å². The molecule has 0 spiro atoms. The highest BCUT2D eigenvalue weighted by atomic mass is 15.1. The van der Waals surface area contributed by atoms with Crippen LogP contribution in [-0.2, 0) is 6.54 Å². The van der Waals surface area contributed by atoms with Crippen molar-refractivity contribution in [3.8, 4) is 0 Å². The van der Waals surface area contributed by atoms with Crippen LogP contribution >= 0.6 is 0 Å². The van der Waals surface area contributed by atoms with Gasteiger partial charge in [-0.05, 0) is 38.6 Å². The van der Waals surface area contributed by atoms with E-state index in [-0.39, 0.29) is 0 Å². The molecule has 1 heterocycles. The monoisotopic (exact) mass is 231 g/mol. The highest BCUT2D eigenvalue weighted by Gasteiger charge is 2.11. The Labute approximate surface area is 103 Å². The summed E-state index contributed by atoms with van der Waals surface area (Å²) in [6.07, 6.45) is 3.15. The van der Waals surface area contributed by atoms with Crippen molar-refractivity contribution in [3.05, 3.63) is 36.0 Å². The van der Waals surface area contributed by atoms with E-state index in [1.807, 2.05) is 0 Å². The molecule has 3 nitrogen and oxygen atoms in total. The maximum atomic E-state index is 5.60. The van der Waals surface area contributed by atoms with E-state index in [2.05, 4.69) is 54.3 Å². The summed E-state index contributed by atoms with van der Waals surface area (Å²) in [5, 5.41) is 1.32. The van der Waals surface area contributed by atoms with Gasteiger partial charge in [-0.15, -0.1) is 0 Å². The molecular weight excluding hydrogens is 210 g/mol. The van der Waals surface area contributed by atoms with Crippen LogP contribution in [0.2, 0.25) is 0 Å². The molecule has 1 aromatic carbocycles. The van der Waals surface area contributed by atoms with Crippen molar-refractivity contribution in [3.63, 3.8) is 0 Å². The first-order valence-corrected chi connectivity index (χ1v) is 6.17. The molecule has 0 amide bonds. The van der Waals surface area contributed by atoms with Gasteiger partial charge in [0.15, 0.2) is 0 Å². The Balaban J connectivity index is 2.13. The standard InChI is InChI=1S/C14H21N3/c1-11(7-8-15)17(2)10-12-9-16-14-6-4-3-5-13(12)14/h3-6,9,11,16H,7-8,10,15H2,1-2H3. The van der Waals surface area contributed by atoms with Gasteiger partial charge in [0, 0.05) is 29.7 Å². The average molecular weight is 231 g/mol. The Kier molecular flexibility index (Phi) is 3.82. The van der Waals surface area contributed by atoms with Crippen LogP contribution in [0.4, 0.5) is 0 Å². The molecule has 1 atom stereocenters. The Morgan fingerprint density at radius 3 is 2.88 bits per heavy atom. The number of rotatable bonds is 5. The van der Waals surface area contributed by atoms with Gasteiger partial charge in [0.05, 0.1) is 0 Å². The molecule has 0 saturated carbocycles. The van der Waals surface area contributed by atoms with Crippen molar-refractivity contribution in [2.24, 2.45) is 5.73 Å². The van der Waals surface area contributed by atoms with Gasteiger partial charge in [-0.3, -0.25) is 4.90 Å². The zero-order valence-electron chi connectivity index (χ0n) is 10.6. The molecule has 0 bridgehead atoms. The average Bonchev–Trinajstić information content (AvgIpc) is 2.73. The number of benzene rings is 1. The molecule has 17 heavy (non-hydrogen) atoms. The number of hydrogen-bond acceptors (Lipinski definition) is 2. The van der Waals surface area contributed by atoms with Gasteiger partial charge in [-0.25, -0.2) is 0 Å². The van der Waals surface area contributed by atoms with Crippen LogP contribution in [0, 0.1) is 0 Å². The van der Waals surface area contributed by atoms with E-state index in [1.54, 1.807) is 0 Å². The first kappa shape index (κ1) is 12.1. The highest BCUT2D eigenvalue weighted by molar-refractivity contribution is 5.82. The third kappa shape index (κ3) is 2.68. The predicted molar refractivity (Wildman–Crippen MR) is 72.9 cm³/mol. The van der Waals surface area contributed by atoms with Gasteiger partial charge < -0.3 is 10.7 Å². The summed E-state index contributed by atoms with van der Waals surface area (Å²) in [6.45, 7) is 3.94. The topological polar surface area (TPSA) is 45.0 Å². The molecule has 1 unspecified atom stereocenters. The van der Waals surface area contributed by atoms with E-state index in [1.165, 1.54) is 16.5 Å². The summed E-state index contributed by atoms with van der Waals surface area (Å²) < 4.78 is 0. The first-order valence-electron chi connectivity index (χ1n) is 6.17. The number of nitrogens with two attached hydrogens (primary N) is 1. The maximum absolute atomic E-state index is 5.60. The fourth-order valence-electron chi connectivity index (χ4n) is 2.15. The van der Waals surface area contributed by atoms with Crippen LogP contribution in [0.25, 0.3) is 10.9 Å². The summed E-state index contributed by atoms with van der Waals surface area (Å²) in [5.41, 5.74) is 8.16. The largest absolute Gasteiger partial charge is 0.361 e. The molecule has 0 aliphatic heterocycles. The second-order valence-corrected chi connectivity index (χ2v) is 4.70. The number of aromatic amines is 1. The van der Waals surface area contributed by atoms with Crippen molar-refractivity contribution in [1.29, 1.82) is 0 Å². The number of hydrogen-bond donors (Lipinski definition) is 2. The molecule has 0 aliphatic rings. The number of H-pyrrole nitrogens is 1. The number of nitrogens with zero attached hydrogens (tertiary/aromatic N) is 1. The Morgan fingerprint density at radius 2 is 2.12 bits per heavy atom. The zero-order valence-corrected chi connectivity index (χ0v) is 10.6. The van der Waals surface area contributed by atoms with Gasteiger partial charge in [0.2, 0.25) is 0 Å². The molecule has 3 N–H and O–H groups in total. The van der Waals surface area contributed by atoms with E-state index in [0.29, 0.717) is 6.04 Å². The first-order chi connectivity index (χ1) is 8.22. The molecule has 92 valence electrons. The van der Waals surface area contributed by atoms with Gasteiger partial charge in [0.25, 0.3) is 0 Å². The number of nitrogens with one attached hydrogen (secondary N) is 1. The molecular formula is C14H21N3. The summed E-state index contributed by atoms with van der Waals surface area (Å²) >= 11 is 0. The van der Waals surface area contributed by atoms with Crippen molar-refractivity contribution in [2.75, 3.05) is 13.6 Å². The lowest BCUT2D eigenvalue weighted by Crippen LogP contribution is -2.30. The van der Waals surface area contributed by atoms with Crippen LogP contribution in [0.3, 0.4) is 0 Å². The van der Waals surface area contributed by atoms with E-state index >= 15 is 0 Å². The van der Waals surface area contributed by atoms with Crippen LogP contribution in [-0.4, -0.2) is 29.5 Å². The third-order valence-corrected chi connectivity index (χ3v) is 3.43. The number of aromatic nitrogens is 1. The number of para-hydroxylation sites is 1. The van der Waals surface area contributed by atoms with E-state index < -0.39 is 0 Å². The van der Waals surface area contributed by atoms with E-state index in [4.69, 9.17) is 5.73 Å². The maximum Gasteiger partial charge on any atom is 0.0457 e. The van der Waals surface area contributed by atoms with E-state index in [9.17, 15) is 0 Å². The normalized spacial score (nSPS) is 13.4. The predicted octanol–water partition coefficient (Wildman–Crippen LogP) is 2.34. The second-order valence-electron chi connectivity index (χ2n) is 4.70. The molecule has 0 fully saturated rings. The zero-order chi connectivity index (χ0) is 12.3. The number of fused-ring (bicyclic) bond motifs is 1. The van der Waals surface area contributed by atoms with Crippen molar-refractivity contribution in [1.82, 2.24) is 9.88 Å². The van der Waals surface area contributed by atoms with Gasteiger partial charge in [0.1, 0.15) is 0 Å². The van der Waals surface area contributed by atoms with Crippen LogP contribution in [0.1, 0.15) is 18.9 Å². The van der Waals surface area contributed by atoms with E-state index in [0.717, 1.165) is 19.5 Å². The molecule has 0 saturated heterocycles. The lowest BCUT2D eigenvalue weighted by atomic mass is 10.1. The third-order valence-electron chi connectivity index (χ3n) is 3.43. The van der Waals surface area contributed by atoms with Crippen molar-refractivity contribution in [2.45, 2.75) is 25.9 Å². The van der Waals surface area contributed by atoms with Crippen LogP contribution in [0.15, 0.2) is 30.5 Å². The SMILES string of the molecule is CC(CCN)N(C)Cc1c[nH]c2ccccc12. The van der Waals surface area contributed by atoms with Gasteiger partial charge in [-0.1, -0.05) is 18.2 Å². The van der Waals surface area contributed by atoms with Crippen LogP contribution in [0.5, 0.6) is 0 Å². The lowest BCUT2D eigenvalue weighted by Gasteiger charge is -2.23. The Morgan fingerprint density at radius 1 is 1.35 bits per heavy atom. The van der Waals surface area contributed by atoms with Crippen molar-refractivity contribution >= 4 is 10.9 Å². The summed E-state index contributed by atoms with van der Waals surface area (Å²) in [6, 6.07) is 8.95. The molecule has 3 heteroatoms. The minimum atomic E-state index is 0.522. The summed E-state index contributed by atoms with van der Waals surface area (Å²) in [5.74, 6) is 0. The smallest absolute Gasteiger partial charge is 0.0457 e. The molecule has 2 aromatic rings. The second kappa shape index (κ2) is 5.34. The molecule has 0 aliphatic carbocycles. The summed E-state index contributed by atoms with van der Waals surface area (Å²) in [7, 11) is 2.15. The fraction of sp³-hybridized carbons (Fsp3) is 0.429. The van der Waals surface area contributed by atoms with Gasteiger partial charge in [-0.2, -0.15) is 0 Å². The summed E-state index contributed by atoms with van der Waals surface area (Å²) in [4.78, 5) is 5.66. The van der Waals surface area contributed by atoms with Crippen molar-refractivity contribution < 1.29 is 0 Å². The molecule has 2 rings (SSSR count). The Bertz CT molecular complexity index is 475. The lowest BCUT2D eigenvalue weighted by molar-refractivity contribution is 0.241. The Hall–Kier alpha value is -1.32.